The number of nitrogens with one attached hydrogen (secondary N) is 2. The zero-order valence-electron chi connectivity index (χ0n) is 15.8. The van der Waals surface area contributed by atoms with Crippen LogP contribution in [-0.2, 0) is 4.79 Å². The van der Waals surface area contributed by atoms with E-state index in [0.717, 1.165) is 37.5 Å². The smallest absolute Gasteiger partial charge is 0.273 e. The summed E-state index contributed by atoms with van der Waals surface area (Å²) >= 11 is 0. The van der Waals surface area contributed by atoms with Crippen LogP contribution in [0, 0.1) is 43.4 Å². The molecule has 2 N–H and O–H groups in total. The zero-order chi connectivity index (χ0) is 20.8. The van der Waals surface area contributed by atoms with Gasteiger partial charge in [0, 0.05) is 18.6 Å². The molecule has 5 rings (SSSR count). The van der Waals surface area contributed by atoms with E-state index in [1.807, 2.05) is 0 Å². The third-order valence-electron chi connectivity index (χ3n) is 6.60. The Kier molecular flexibility index (Phi) is 4.71. The fourth-order valence-electron chi connectivity index (χ4n) is 6.03. The number of hydrazine groups is 1. The first-order chi connectivity index (χ1) is 13.7. The fraction of sp³-hybridized carbons (Fsp3) is 0.579. The Morgan fingerprint density at radius 1 is 0.897 bits per heavy atom. The fourth-order valence-corrected chi connectivity index (χ4v) is 6.03. The molecule has 29 heavy (non-hydrogen) atoms. The van der Waals surface area contributed by atoms with Crippen LogP contribution >= 0.6 is 0 Å². The summed E-state index contributed by atoms with van der Waals surface area (Å²) in [7, 11) is 0. The van der Waals surface area contributed by atoms with Crippen molar-refractivity contribution < 1.29 is 19.4 Å². The van der Waals surface area contributed by atoms with Crippen LogP contribution in [0.1, 0.15) is 55.3 Å². The highest BCUT2D eigenvalue weighted by atomic mass is 16.6. The zero-order valence-corrected chi connectivity index (χ0v) is 15.8. The van der Waals surface area contributed by atoms with Crippen molar-refractivity contribution in [1.82, 2.24) is 10.9 Å². The normalized spacial score (nSPS) is 29.3. The lowest BCUT2D eigenvalue weighted by molar-refractivity contribution is -0.394. The van der Waals surface area contributed by atoms with Gasteiger partial charge in [-0.15, -0.1) is 0 Å². The maximum atomic E-state index is 12.5. The second kappa shape index (κ2) is 7.09. The second-order valence-corrected chi connectivity index (χ2v) is 8.85. The average molecular weight is 402 g/mol. The Bertz CT molecular complexity index is 831. The van der Waals surface area contributed by atoms with Gasteiger partial charge in [-0.2, -0.15) is 0 Å². The Balaban J connectivity index is 1.39. The number of non-ortho nitro benzene ring substituents is 2. The van der Waals surface area contributed by atoms with Crippen molar-refractivity contribution >= 4 is 23.2 Å². The van der Waals surface area contributed by atoms with Gasteiger partial charge in [0.1, 0.15) is 0 Å². The van der Waals surface area contributed by atoms with Crippen LogP contribution in [0.15, 0.2) is 18.2 Å². The first-order valence-corrected chi connectivity index (χ1v) is 9.76. The van der Waals surface area contributed by atoms with Crippen molar-refractivity contribution in [3.05, 3.63) is 44.0 Å². The lowest BCUT2D eigenvalue weighted by Gasteiger charge is -2.56. The Morgan fingerprint density at radius 2 is 1.38 bits per heavy atom. The van der Waals surface area contributed by atoms with Gasteiger partial charge in [-0.05, 0) is 61.7 Å². The predicted molar refractivity (Wildman–Crippen MR) is 101 cm³/mol. The maximum absolute atomic E-state index is 12.5. The minimum Gasteiger partial charge on any atom is -0.273 e. The van der Waals surface area contributed by atoms with E-state index in [4.69, 9.17) is 0 Å². The quantitative estimate of drug-likeness (QED) is 0.572. The summed E-state index contributed by atoms with van der Waals surface area (Å²) in [6.07, 6.45) is 7.30. The lowest BCUT2D eigenvalue weighted by Crippen LogP contribution is -2.50. The number of amides is 2. The molecule has 0 atom stereocenters. The first-order valence-electron chi connectivity index (χ1n) is 9.76. The van der Waals surface area contributed by atoms with Gasteiger partial charge in [0.15, 0.2) is 0 Å². The molecule has 2 amide bonds. The number of nitro benzene ring substituents is 2. The molecule has 0 radical (unpaired) electrons. The minimum absolute atomic E-state index is 0.00782. The van der Waals surface area contributed by atoms with E-state index < -0.39 is 27.1 Å². The largest absolute Gasteiger partial charge is 0.277 e. The highest BCUT2D eigenvalue weighted by Crippen LogP contribution is 2.61. The summed E-state index contributed by atoms with van der Waals surface area (Å²) in [6, 6.07) is 2.66. The molecule has 1 aromatic carbocycles. The van der Waals surface area contributed by atoms with Crippen LogP contribution in [0.4, 0.5) is 11.4 Å². The lowest BCUT2D eigenvalue weighted by atomic mass is 9.49. The number of carbonyl (C=O) groups excluding carboxylic acids is 2. The van der Waals surface area contributed by atoms with Crippen molar-refractivity contribution in [3.63, 3.8) is 0 Å². The molecule has 0 aromatic heterocycles. The van der Waals surface area contributed by atoms with E-state index in [9.17, 15) is 29.8 Å². The maximum Gasteiger partial charge on any atom is 0.277 e. The Morgan fingerprint density at radius 3 is 1.83 bits per heavy atom. The van der Waals surface area contributed by atoms with Crippen molar-refractivity contribution in [1.29, 1.82) is 0 Å². The van der Waals surface area contributed by atoms with Gasteiger partial charge in [0.25, 0.3) is 17.3 Å². The van der Waals surface area contributed by atoms with Crippen LogP contribution < -0.4 is 10.9 Å². The number of rotatable bonds is 5. The van der Waals surface area contributed by atoms with E-state index in [1.165, 1.54) is 19.3 Å². The monoisotopic (exact) mass is 402 g/mol. The summed E-state index contributed by atoms with van der Waals surface area (Å²) < 4.78 is 0. The van der Waals surface area contributed by atoms with Crippen molar-refractivity contribution in [2.45, 2.75) is 44.9 Å². The number of hydrogen-bond acceptors (Lipinski definition) is 6. The predicted octanol–water partition coefficient (Wildman–Crippen LogP) is 2.87. The molecular formula is C19H22N4O6. The number of benzene rings is 1. The summed E-state index contributed by atoms with van der Waals surface area (Å²) in [5.41, 5.74) is 3.22. The standard InChI is InChI=1S/C19H22N4O6/c24-17(10-19-7-11-1-12(8-19)3-13(2-11)9-19)20-21-18(25)14-4-15(22(26)27)6-16(5-14)23(28)29/h4-6,11-13H,1-3,7-10H2,(H,20,24)(H,21,25). The van der Waals surface area contributed by atoms with Gasteiger partial charge in [-0.25, -0.2) is 0 Å². The Hall–Kier alpha value is -3.04. The molecule has 10 nitrogen and oxygen atoms in total. The molecule has 4 aliphatic carbocycles. The van der Waals surface area contributed by atoms with Crippen LogP contribution in [-0.4, -0.2) is 21.7 Å². The summed E-state index contributed by atoms with van der Waals surface area (Å²) in [4.78, 5) is 45.0. The molecule has 0 heterocycles. The average Bonchev–Trinajstić information content (AvgIpc) is 2.64. The molecule has 0 aliphatic heterocycles. The van der Waals surface area contributed by atoms with Crippen LogP contribution in [0.2, 0.25) is 0 Å². The molecule has 4 saturated carbocycles. The van der Waals surface area contributed by atoms with E-state index in [0.29, 0.717) is 24.2 Å². The van der Waals surface area contributed by atoms with E-state index in [1.54, 1.807) is 0 Å². The molecule has 4 fully saturated rings. The van der Waals surface area contributed by atoms with Crippen molar-refractivity contribution in [3.8, 4) is 0 Å². The topological polar surface area (TPSA) is 144 Å². The molecule has 0 spiro atoms. The molecule has 0 unspecified atom stereocenters. The van der Waals surface area contributed by atoms with Gasteiger partial charge in [0.2, 0.25) is 5.91 Å². The van der Waals surface area contributed by atoms with E-state index in [2.05, 4.69) is 10.9 Å². The van der Waals surface area contributed by atoms with Gasteiger partial charge < -0.3 is 0 Å². The van der Waals surface area contributed by atoms with Gasteiger partial charge in [-0.1, -0.05) is 0 Å². The summed E-state index contributed by atoms with van der Waals surface area (Å²) in [5, 5.41) is 21.9. The highest BCUT2D eigenvalue weighted by molar-refractivity contribution is 5.96. The third kappa shape index (κ3) is 3.92. The number of carbonyl (C=O) groups is 2. The van der Waals surface area contributed by atoms with Crippen LogP contribution in [0.3, 0.4) is 0 Å². The van der Waals surface area contributed by atoms with Crippen LogP contribution in [0.5, 0.6) is 0 Å². The van der Waals surface area contributed by atoms with Gasteiger partial charge in [0.05, 0.1) is 21.5 Å². The van der Waals surface area contributed by atoms with Crippen LogP contribution in [0.25, 0.3) is 0 Å². The molecular weight excluding hydrogens is 380 g/mol. The Labute approximate surface area is 166 Å². The molecule has 0 saturated heterocycles. The highest BCUT2D eigenvalue weighted by Gasteiger charge is 2.51. The van der Waals surface area contributed by atoms with E-state index in [-0.39, 0.29) is 16.9 Å². The SMILES string of the molecule is O=C(CC12CC3CC(CC(C3)C1)C2)NNC(=O)c1cc([N+](=O)[O-])cc([N+](=O)[O-])c1. The van der Waals surface area contributed by atoms with E-state index >= 15 is 0 Å². The van der Waals surface area contributed by atoms with Crippen molar-refractivity contribution in [2.24, 2.45) is 23.2 Å². The molecule has 10 heteroatoms. The van der Waals surface area contributed by atoms with Gasteiger partial charge >= 0.3 is 0 Å². The van der Waals surface area contributed by atoms with Crippen molar-refractivity contribution in [2.75, 3.05) is 0 Å². The number of nitrogens with zero attached hydrogens (tertiary/aromatic N) is 2. The first kappa shape index (κ1) is 19.3. The summed E-state index contributed by atoms with van der Waals surface area (Å²) in [5.74, 6) is 0.966. The minimum atomic E-state index is -0.837. The third-order valence-corrected chi connectivity index (χ3v) is 6.60. The molecule has 154 valence electrons. The van der Waals surface area contributed by atoms with Gasteiger partial charge in [-0.3, -0.25) is 40.7 Å². The number of hydrogen-bond donors (Lipinski definition) is 2. The number of nitro groups is 2. The molecule has 4 aliphatic rings. The second-order valence-electron chi connectivity index (χ2n) is 8.85. The summed E-state index contributed by atoms with van der Waals surface area (Å²) in [6.45, 7) is 0. The molecule has 1 aromatic rings. The molecule has 4 bridgehead atoms.